The molecule has 0 spiro atoms. The minimum atomic E-state index is -1.82. The Morgan fingerprint density at radius 1 is 1.07 bits per heavy atom. The van der Waals surface area contributed by atoms with Gasteiger partial charge in [0.2, 0.25) is 5.91 Å². The molecule has 1 atom stereocenters. The van der Waals surface area contributed by atoms with Crippen molar-refractivity contribution in [3.8, 4) is 0 Å². The summed E-state index contributed by atoms with van der Waals surface area (Å²) in [5, 5.41) is 21.3. The van der Waals surface area contributed by atoms with Crippen LogP contribution in [0.2, 0.25) is 0 Å². The molecule has 0 radical (unpaired) electrons. The van der Waals surface area contributed by atoms with Crippen LogP contribution in [0, 0.1) is 0 Å². The summed E-state index contributed by atoms with van der Waals surface area (Å²) in [6.07, 6.45) is 7.21. The van der Waals surface area contributed by atoms with Crippen LogP contribution in [0.1, 0.15) is 45.4 Å². The Kier molecular flexibility index (Phi) is 11.6. The summed E-state index contributed by atoms with van der Waals surface area (Å²) in [5.41, 5.74) is 0. The quantitative estimate of drug-likeness (QED) is 0.362. The first-order chi connectivity index (χ1) is 12.9. The van der Waals surface area contributed by atoms with Crippen molar-refractivity contribution in [2.45, 2.75) is 57.5 Å². The van der Waals surface area contributed by atoms with Crippen molar-refractivity contribution in [2.24, 2.45) is 0 Å². The van der Waals surface area contributed by atoms with Crippen LogP contribution in [0.3, 0.4) is 0 Å². The molecule has 156 valence electrons. The monoisotopic (exact) mass is 387 g/mol. The molecular formula is C18H33N3O6. The van der Waals surface area contributed by atoms with Gasteiger partial charge in [-0.2, -0.15) is 0 Å². The molecule has 4 N–H and O–H groups in total. The van der Waals surface area contributed by atoms with E-state index in [0.29, 0.717) is 6.04 Å². The van der Waals surface area contributed by atoms with Gasteiger partial charge in [-0.05, 0) is 39.3 Å². The minimum Gasteiger partial charge on any atom is -0.473 e. The van der Waals surface area contributed by atoms with Crippen LogP contribution in [0.5, 0.6) is 0 Å². The number of carboxylic acid groups (broad SMARTS) is 2. The standard InChI is InChI=1S/C16H31N3O2.C2H2O4/c1-14(16(20)18-15-6-3-2-4-7-15)17-8-5-9-19-10-12-21-13-11-19;3-1(4)2(5)6/h14-15,17H,2-13H2,1H3,(H,18,20);(H,3,4)(H,5,6). The topological polar surface area (TPSA) is 128 Å². The fourth-order valence-electron chi connectivity index (χ4n) is 3.11. The number of carbonyl (C=O) groups is 3. The maximum atomic E-state index is 12.1. The van der Waals surface area contributed by atoms with Gasteiger partial charge in [-0.3, -0.25) is 9.69 Å². The number of nitrogens with one attached hydrogen (secondary N) is 2. The third kappa shape index (κ3) is 10.9. The lowest BCUT2D eigenvalue weighted by molar-refractivity contribution is -0.159. The Labute approximate surface area is 160 Å². The van der Waals surface area contributed by atoms with Gasteiger partial charge in [0.1, 0.15) is 0 Å². The Morgan fingerprint density at radius 3 is 2.22 bits per heavy atom. The number of rotatable bonds is 7. The Hall–Kier alpha value is -1.71. The summed E-state index contributed by atoms with van der Waals surface area (Å²) in [6, 6.07) is 0.320. The molecule has 9 heteroatoms. The second-order valence-corrected chi connectivity index (χ2v) is 6.94. The predicted octanol–water partition coefficient (Wildman–Crippen LogP) is 0.291. The lowest BCUT2D eigenvalue weighted by atomic mass is 9.95. The summed E-state index contributed by atoms with van der Waals surface area (Å²) in [7, 11) is 0. The lowest BCUT2D eigenvalue weighted by Gasteiger charge is -2.27. The van der Waals surface area contributed by atoms with E-state index in [4.69, 9.17) is 24.5 Å². The second-order valence-electron chi connectivity index (χ2n) is 6.94. The van der Waals surface area contributed by atoms with E-state index >= 15 is 0 Å². The molecule has 2 fully saturated rings. The van der Waals surface area contributed by atoms with E-state index in [9.17, 15) is 4.79 Å². The van der Waals surface area contributed by atoms with Crippen molar-refractivity contribution in [3.05, 3.63) is 0 Å². The molecule has 1 aliphatic heterocycles. The van der Waals surface area contributed by atoms with Crippen LogP contribution in [0.4, 0.5) is 0 Å². The minimum absolute atomic E-state index is 0.0865. The molecule has 1 aliphatic carbocycles. The van der Waals surface area contributed by atoms with Gasteiger partial charge in [-0.25, -0.2) is 9.59 Å². The summed E-state index contributed by atoms with van der Waals surface area (Å²) in [5.74, 6) is -3.49. The maximum Gasteiger partial charge on any atom is 0.414 e. The molecule has 1 saturated carbocycles. The Bertz CT molecular complexity index is 450. The van der Waals surface area contributed by atoms with Crippen LogP contribution in [0.15, 0.2) is 0 Å². The normalized spacial score (nSPS) is 19.4. The maximum absolute atomic E-state index is 12.1. The van der Waals surface area contributed by atoms with E-state index < -0.39 is 11.9 Å². The molecule has 0 bridgehead atoms. The van der Waals surface area contributed by atoms with Crippen LogP contribution in [0.25, 0.3) is 0 Å². The number of ether oxygens (including phenoxy) is 1. The largest absolute Gasteiger partial charge is 0.473 e. The van der Waals surface area contributed by atoms with Crippen LogP contribution in [-0.4, -0.2) is 84.4 Å². The number of hydrogen-bond donors (Lipinski definition) is 4. The fourth-order valence-corrected chi connectivity index (χ4v) is 3.11. The zero-order valence-corrected chi connectivity index (χ0v) is 16.1. The third-order valence-electron chi connectivity index (χ3n) is 4.73. The summed E-state index contributed by atoms with van der Waals surface area (Å²) < 4.78 is 5.34. The summed E-state index contributed by atoms with van der Waals surface area (Å²) in [6.45, 7) is 7.74. The van der Waals surface area contributed by atoms with Crippen molar-refractivity contribution in [3.63, 3.8) is 0 Å². The van der Waals surface area contributed by atoms with E-state index in [1.807, 2.05) is 6.92 Å². The van der Waals surface area contributed by atoms with Crippen LogP contribution >= 0.6 is 0 Å². The molecule has 2 rings (SSSR count). The first-order valence-corrected chi connectivity index (χ1v) is 9.70. The summed E-state index contributed by atoms with van der Waals surface area (Å²) >= 11 is 0. The molecular weight excluding hydrogens is 354 g/mol. The SMILES string of the molecule is CC(NCCCN1CCOCC1)C(=O)NC1CCCCC1.O=C(O)C(=O)O. The fraction of sp³-hybridized carbons (Fsp3) is 0.833. The summed E-state index contributed by atoms with van der Waals surface area (Å²) in [4.78, 5) is 32.7. The Balaban J connectivity index is 0.000000527. The zero-order valence-electron chi connectivity index (χ0n) is 16.1. The van der Waals surface area contributed by atoms with Crippen molar-refractivity contribution in [1.29, 1.82) is 0 Å². The van der Waals surface area contributed by atoms with E-state index in [1.165, 1.54) is 19.3 Å². The number of carboxylic acids is 2. The van der Waals surface area contributed by atoms with Gasteiger partial charge in [0.15, 0.2) is 0 Å². The molecule has 0 aromatic rings. The molecule has 27 heavy (non-hydrogen) atoms. The highest BCUT2D eigenvalue weighted by atomic mass is 16.5. The van der Waals surface area contributed by atoms with E-state index in [1.54, 1.807) is 0 Å². The molecule has 0 aromatic heterocycles. The first kappa shape index (κ1) is 23.3. The van der Waals surface area contributed by atoms with Gasteiger partial charge in [0.05, 0.1) is 19.3 Å². The van der Waals surface area contributed by atoms with Crippen molar-refractivity contribution in [1.82, 2.24) is 15.5 Å². The number of aliphatic carboxylic acids is 2. The highest BCUT2D eigenvalue weighted by Crippen LogP contribution is 2.17. The van der Waals surface area contributed by atoms with Gasteiger partial charge < -0.3 is 25.6 Å². The second kappa shape index (κ2) is 13.5. The van der Waals surface area contributed by atoms with E-state index in [2.05, 4.69) is 15.5 Å². The molecule has 0 aromatic carbocycles. The van der Waals surface area contributed by atoms with Crippen molar-refractivity contribution < 1.29 is 29.3 Å². The molecule has 1 amide bonds. The van der Waals surface area contributed by atoms with Gasteiger partial charge in [-0.1, -0.05) is 19.3 Å². The average molecular weight is 387 g/mol. The van der Waals surface area contributed by atoms with Gasteiger partial charge in [0.25, 0.3) is 0 Å². The Morgan fingerprint density at radius 2 is 1.67 bits per heavy atom. The molecule has 1 heterocycles. The molecule has 9 nitrogen and oxygen atoms in total. The first-order valence-electron chi connectivity index (χ1n) is 9.70. The third-order valence-corrected chi connectivity index (χ3v) is 4.73. The molecule has 1 saturated heterocycles. The lowest BCUT2D eigenvalue weighted by Crippen LogP contribution is -2.47. The van der Waals surface area contributed by atoms with Gasteiger partial charge >= 0.3 is 11.9 Å². The smallest absolute Gasteiger partial charge is 0.414 e. The number of hydrogen-bond acceptors (Lipinski definition) is 6. The number of carbonyl (C=O) groups excluding carboxylic acids is 1. The molecule has 1 unspecified atom stereocenters. The zero-order chi connectivity index (χ0) is 20.1. The number of nitrogens with zero attached hydrogens (tertiary/aromatic N) is 1. The number of morpholine rings is 1. The van der Waals surface area contributed by atoms with Crippen LogP contribution < -0.4 is 10.6 Å². The number of amides is 1. The van der Waals surface area contributed by atoms with Gasteiger partial charge in [-0.15, -0.1) is 0 Å². The van der Waals surface area contributed by atoms with Crippen molar-refractivity contribution >= 4 is 17.8 Å². The predicted molar refractivity (Wildman–Crippen MR) is 99.6 cm³/mol. The van der Waals surface area contributed by atoms with E-state index in [-0.39, 0.29) is 11.9 Å². The van der Waals surface area contributed by atoms with Crippen molar-refractivity contribution in [2.75, 3.05) is 39.4 Å². The van der Waals surface area contributed by atoms with Crippen LogP contribution in [-0.2, 0) is 19.1 Å². The van der Waals surface area contributed by atoms with E-state index in [0.717, 1.165) is 58.7 Å². The molecule has 2 aliphatic rings. The van der Waals surface area contributed by atoms with Gasteiger partial charge in [0, 0.05) is 19.1 Å². The highest BCUT2D eigenvalue weighted by molar-refractivity contribution is 6.27. The highest BCUT2D eigenvalue weighted by Gasteiger charge is 2.19. The average Bonchev–Trinajstić information content (AvgIpc) is 2.67.